The van der Waals surface area contributed by atoms with E-state index in [1.807, 2.05) is 0 Å². The Kier molecular flexibility index (Phi) is 7.32. The summed E-state index contributed by atoms with van der Waals surface area (Å²) in [6.45, 7) is 1.12. The Bertz CT molecular complexity index is 1080. The minimum Gasteiger partial charge on any atom is -0.493 e. The Morgan fingerprint density at radius 3 is 2.55 bits per heavy atom. The molecule has 3 rings (SSSR count). The summed E-state index contributed by atoms with van der Waals surface area (Å²) in [4.78, 5) is 39.4. The fourth-order valence-corrected chi connectivity index (χ4v) is 3.52. The van der Waals surface area contributed by atoms with Crippen LogP contribution >= 0.6 is 23.4 Å². The number of aliphatic imine (C=N–C) groups is 1. The number of amides is 3. The van der Waals surface area contributed by atoms with Gasteiger partial charge >= 0.3 is 0 Å². The van der Waals surface area contributed by atoms with Gasteiger partial charge in [0.05, 0.1) is 12.0 Å². The molecule has 2 aromatic rings. The molecule has 1 aliphatic rings. The van der Waals surface area contributed by atoms with E-state index in [0.29, 0.717) is 32.7 Å². The number of nitrogens with one attached hydrogen (secondary N) is 2. The van der Waals surface area contributed by atoms with Gasteiger partial charge in [0.2, 0.25) is 5.91 Å². The second-order valence-corrected chi connectivity index (χ2v) is 7.74. The molecular weight excluding hydrogens is 442 g/mol. The second-order valence-electron chi connectivity index (χ2n) is 6.27. The summed E-state index contributed by atoms with van der Waals surface area (Å²) in [5, 5.41) is 6.01. The monoisotopic (exact) mass is 459 g/mol. The van der Waals surface area contributed by atoms with Gasteiger partial charge in [-0.1, -0.05) is 17.7 Å². The molecule has 160 valence electrons. The maximum atomic E-state index is 12.1. The van der Waals surface area contributed by atoms with Gasteiger partial charge in [0.15, 0.2) is 23.3 Å². The van der Waals surface area contributed by atoms with Gasteiger partial charge in [-0.05, 0) is 59.8 Å². The van der Waals surface area contributed by atoms with E-state index >= 15 is 0 Å². The number of rotatable bonds is 6. The summed E-state index contributed by atoms with van der Waals surface area (Å²) in [6, 6.07) is 11.7. The third-order valence-corrected chi connectivity index (χ3v) is 5.03. The number of anilines is 1. The van der Waals surface area contributed by atoms with Gasteiger partial charge in [-0.15, -0.1) is 0 Å². The van der Waals surface area contributed by atoms with Gasteiger partial charge in [0.25, 0.3) is 11.8 Å². The first-order chi connectivity index (χ1) is 14.8. The van der Waals surface area contributed by atoms with Crippen LogP contribution in [0.1, 0.15) is 12.5 Å². The molecule has 0 aromatic heterocycles. The van der Waals surface area contributed by atoms with E-state index in [2.05, 4.69) is 15.6 Å². The topological polar surface area (TPSA) is 106 Å². The van der Waals surface area contributed by atoms with Crippen molar-refractivity contribution in [2.75, 3.05) is 19.0 Å². The number of nitrogens with zero attached hydrogens (tertiary/aromatic N) is 1. The fourth-order valence-electron chi connectivity index (χ4n) is 2.53. The lowest BCUT2D eigenvalue weighted by Gasteiger charge is -2.12. The second kappa shape index (κ2) is 10.1. The predicted octanol–water partition coefficient (Wildman–Crippen LogP) is 3.47. The number of halogens is 1. The third kappa shape index (κ3) is 6.34. The number of thioether (sulfide) groups is 1. The maximum absolute atomic E-state index is 12.1. The Morgan fingerprint density at radius 1 is 1.13 bits per heavy atom. The van der Waals surface area contributed by atoms with Gasteiger partial charge in [-0.25, -0.2) is 0 Å². The fraction of sp³-hybridized carbons (Fsp3) is 0.143. The Hall–Kier alpha value is -3.30. The number of benzene rings is 2. The standard InChI is InChI=1S/C21H18ClN3O5S/c1-12(26)23-21-25-20(28)18(31-21)10-13-3-8-16(17(9-13)29-2)30-11-19(27)24-15-6-4-14(22)5-7-15/h3-10H,11H2,1-2H3,(H,24,27)(H,23,25,26,28). The normalized spacial score (nSPS) is 14.2. The highest BCUT2D eigenvalue weighted by molar-refractivity contribution is 8.18. The van der Waals surface area contributed by atoms with Crippen LogP contribution in [-0.4, -0.2) is 36.6 Å². The number of carbonyl (C=O) groups excluding carboxylic acids is 3. The Labute approximate surface area is 187 Å². The molecule has 2 N–H and O–H groups in total. The average Bonchev–Trinajstić information content (AvgIpc) is 3.06. The van der Waals surface area contributed by atoms with Crippen molar-refractivity contribution < 1.29 is 23.9 Å². The first-order valence-electron chi connectivity index (χ1n) is 9.00. The van der Waals surface area contributed by atoms with Gasteiger partial charge < -0.3 is 20.1 Å². The third-order valence-electron chi connectivity index (χ3n) is 3.88. The molecule has 0 fully saturated rings. The first kappa shape index (κ1) is 22.4. The molecule has 0 saturated carbocycles. The zero-order valence-corrected chi connectivity index (χ0v) is 18.2. The summed E-state index contributed by atoms with van der Waals surface area (Å²) < 4.78 is 10.9. The van der Waals surface area contributed by atoms with Gasteiger partial charge in [-0.3, -0.25) is 14.4 Å². The van der Waals surface area contributed by atoms with E-state index in [9.17, 15) is 14.4 Å². The van der Waals surface area contributed by atoms with Crippen LogP contribution in [0.2, 0.25) is 5.02 Å². The Morgan fingerprint density at radius 2 is 1.87 bits per heavy atom. The smallest absolute Gasteiger partial charge is 0.286 e. The molecular formula is C21H18ClN3O5S. The largest absolute Gasteiger partial charge is 0.493 e. The van der Waals surface area contributed by atoms with E-state index in [0.717, 1.165) is 11.8 Å². The van der Waals surface area contributed by atoms with Crippen molar-refractivity contribution in [3.05, 3.63) is 58.0 Å². The molecule has 8 nitrogen and oxygen atoms in total. The predicted molar refractivity (Wildman–Crippen MR) is 120 cm³/mol. The van der Waals surface area contributed by atoms with Crippen molar-refractivity contribution in [2.45, 2.75) is 6.92 Å². The van der Waals surface area contributed by atoms with Gasteiger partial charge in [0, 0.05) is 17.6 Å². The molecule has 0 atom stereocenters. The molecule has 0 bridgehead atoms. The van der Waals surface area contributed by atoms with Crippen LogP contribution in [-0.2, 0) is 14.4 Å². The molecule has 2 aromatic carbocycles. The number of hydrogen-bond donors (Lipinski definition) is 2. The van der Waals surface area contributed by atoms with Gasteiger partial charge in [0.1, 0.15) is 0 Å². The van der Waals surface area contributed by atoms with Crippen LogP contribution in [0.4, 0.5) is 5.69 Å². The van der Waals surface area contributed by atoms with E-state index in [1.54, 1.807) is 48.5 Å². The van der Waals surface area contributed by atoms with E-state index in [-0.39, 0.29) is 23.6 Å². The van der Waals surface area contributed by atoms with Crippen molar-refractivity contribution in [3.8, 4) is 11.5 Å². The van der Waals surface area contributed by atoms with Gasteiger partial charge in [-0.2, -0.15) is 4.99 Å². The molecule has 0 radical (unpaired) electrons. The molecule has 1 heterocycles. The summed E-state index contributed by atoms with van der Waals surface area (Å²) in [7, 11) is 1.47. The zero-order chi connectivity index (χ0) is 22.4. The summed E-state index contributed by atoms with van der Waals surface area (Å²) >= 11 is 6.90. The molecule has 0 spiro atoms. The molecule has 3 amide bonds. The van der Waals surface area contributed by atoms with Crippen molar-refractivity contribution in [3.63, 3.8) is 0 Å². The molecule has 1 aliphatic heterocycles. The lowest BCUT2D eigenvalue weighted by atomic mass is 10.2. The quantitative estimate of drug-likeness (QED) is 0.641. The van der Waals surface area contributed by atoms with Crippen LogP contribution in [0.3, 0.4) is 0 Å². The number of hydrogen-bond acceptors (Lipinski definition) is 6. The minimum atomic E-state index is -0.438. The summed E-state index contributed by atoms with van der Waals surface area (Å²) in [6.07, 6.45) is 1.63. The lowest BCUT2D eigenvalue weighted by Crippen LogP contribution is -2.23. The van der Waals surface area contributed by atoms with Crippen molar-refractivity contribution >= 4 is 58.0 Å². The zero-order valence-electron chi connectivity index (χ0n) is 16.6. The number of methoxy groups -OCH3 is 1. The highest BCUT2D eigenvalue weighted by atomic mass is 35.5. The van der Waals surface area contributed by atoms with Crippen LogP contribution < -0.4 is 20.1 Å². The van der Waals surface area contributed by atoms with E-state index < -0.39 is 5.91 Å². The summed E-state index contributed by atoms with van der Waals surface area (Å²) in [5.41, 5.74) is 1.27. The lowest BCUT2D eigenvalue weighted by molar-refractivity contribution is -0.118. The minimum absolute atomic E-state index is 0.221. The van der Waals surface area contributed by atoms with Crippen molar-refractivity contribution in [1.29, 1.82) is 0 Å². The van der Waals surface area contributed by atoms with Crippen LogP contribution in [0.5, 0.6) is 11.5 Å². The van der Waals surface area contributed by atoms with Crippen molar-refractivity contribution in [2.24, 2.45) is 4.99 Å². The van der Waals surface area contributed by atoms with Crippen LogP contribution in [0.15, 0.2) is 52.4 Å². The molecule has 0 aliphatic carbocycles. The number of ether oxygens (including phenoxy) is 2. The highest BCUT2D eigenvalue weighted by Crippen LogP contribution is 2.32. The van der Waals surface area contributed by atoms with Crippen LogP contribution in [0, 0.1) is 0 Å². The maximum Gasteiger partial charge on any atom is 0.286 e. The highest BCUT2D eigenvalue weighted by Gasteiger charge is 2.22. The molecule has 0 unspecified atom stereocenters. The molecule has 31 heavy (non-hydrogen) atoms. The van der Waals surface area contributed by atoms with E-state index in [1.165, 1.54) is 14.0 Å². The van der Waals surface area contributed by atoms with E-state index in [4.69, 9.17) is 21.1 Å². The van der Waals surface area contributed by atoms with Crippen molar-refractivity contribution in [1.82, 2.24) is 5.32 Å². The SMILES string of the molecule is COc1cc(C=C2SC(NC(C)=O)=NC2=O)ccc1OCC(=O)Nc1ccc(Cl)cc1. The summed E-state index contributed by atoms with van der Waals surface area (Å²) in [5.74, 6) is -0.315. The molecule has 0 saturated heterocycles. The Balaban J connectivity index is 1.63. The number of amidine groups is 1. The first-order valence-corrected chi connectivity index (χ1v) is 10.2. The molecule has 10 heteroatoms. The van der Waals surface area contributed by atoms with Crippen LogP contribution in [0.25, 0.3) is 6.08 Å². The average molecular weight is 460 g/mol. The number of carbonyl (C=O) groups is 3.